The Hall–Kier alpha value is -3.22. The Bertz CT molecular complexity index is 1060. The minimum atomic E-state index is -0.490. The van der Waals surface area contributed by atoms with Gasteiger partial charge in [0.25, 0.3) is 5.91 Å². The molecule has 0 aromatic heterocycles. The van der Waals surface area contributed by atoms with Crippen LogP contribution in [0.15, 0.2) is 78.9 Å². The van der Waals surface area contributed by atoms with Gasteiger partial charge in [-0.25, -0.2) is 4.39 Å². The Morgan fingerprint density at radius 3 is 1.94 bits per heavy atom. The maximum absolute atomic E-state index is 13.3. The van der Waals surface area contributed by atoms with Crippen LogP contribution < -0.4 is 0 Å². The van der Waals surface area contributed by atoms with Crippen LogP contribution in [0.5, 0.6) is 0 Å². The molecule has 1 fully saturated rings. The fourth-order valence-corrected chi connectivity index (χ4v) is 4.13. The van der Waals surface area contributed by atoms with E-state index in [0.29, 0.717) is 26.2 Å². The summed E-state index contributed by atoms with van der Waals surface area (Å²) in [5.41, 5.74) is 2.21. The summed E-state index contributed by atoms with van der Waals surface area (Å²) in [7, 11) is 0. The summed E-state index contributed by atoms with van der Waals surface area (Å²) in [4.78, 5) is 28.9. The van der Waals surface area contributed by atoms with Gasteiger partial charge in [-0.1, -0.05) is 72.3 Å². The van der Waals surface area contributed by atoms with Gasteiger partial charge in [0.1, 0.15) is 18.5 Å². The van der Waals surface area contributed by atoms with Gasteiger partial charge in [-0.3, -0.25) is 9.59 Å². The van der Waals surface area contributed by atoms with Crippen molar-refractivity contribution in [1.82, 2.24) is 9.80 Å². The van der Waals surface area contributed by atoms with E-state index in [1.165, 1.54) is 12.1 Å². The van der Waals surface area contributed by atoms with E-state index >= 15 is 0 Å². The van der Waals surface area contributed by atoms with Gasteiger partial charge in [-0.2, -0.15) is 0 Å². The van der Waals surface area contributed by atoms with Crippen LogP contribution in [-0.4, -0.2) is 54.4 Å². The first-order chi connectivity index (χ1) is 16.0. The van der Waals surface area contributed by atoms with Crippen molar-refractivity contribution in [2.24, 2.45) is 0 Å². The summed E-state index contributed by atoms with van der Waals surface area (Å²) >= 11 is 6.03. The van der Waals surface area contributed by atoms with Gasteiger partial charge in [-0.15, -0.1) is 0 Å². The average Bonchev–Trinajstić information content (AvgIpc) is 2.85. The fraction of sp³-hybridized carbons (Fsp3) is 0.231. The topological polar surface area (TPSA) is 49.9 Å². The molecule has 3 aromatic rings. The molecule has 0 unspecified atom stereocenters. The van der Waals surface area contributed by atoms with Gasteiger partial charge in [0, 0.05) is 26.2 Å². The Morgan fingerprint density at radius 2 is 1.39 bits per heavy atom. The largest absolute Gasteiger partial charge is 0.359 e. The smallest absolute Gasteiger partial charge is 0.255 e. The van der Waals surface area contributed by atoms with Gasteiger partial charge in [0.05, 0.1) is 10.6 Å². The van der Waals surface area contributed by atoms with Gasteiger partial charge < -0.3 is 14.5 Å². The number of carbonyl (C=O) groups is 2. The first kappa shape index (κ1) is 23.0. The molecule has 1 heterocycles. The first-order valence-corrected chi connectivity index (χ1v) is 11.1. The second kappa shape index (κ2) is 10.6. The molecule has 4 rings (SSSR count). The van der Waals surface area contributed by atoms with Gasteiger partial charge in [0.2, 0.25) is 5.91 Å². The third-order valence-electron chi connectivity index (χ3n) is 5.66. The van der Waals surface area contributed by atoms with Crippen molar-refractivity contribution in [1.29, 1.82) is 0 Å². The maximum Gasteiger partial charge on any atom is 0.255 e. The van der Waals surface area contributed by atoms with E-state index in [4.69, 9.17) is 16.3 Å². The maximum atomic E-state index is 13.3. The highest BCUT2D eigenvalue weighted by molar-refractivity contribution is 6.33. The number of amides is 2. The third-order valence-corrected chi connectivity index (χ3v) is 5.97. The highest BCUT2D eigenvalue weighted by atomic mass is 35.5. The van der Waals surface area contributed by atoms with Gasteiger partial charge in [0.15, 0.2) is 0 Å². The Balaban J connectivity index is 1.35. The summed E-state index contributed by atoms with van der Waals surface area (Å²) in [5, 5.41) is 0.0831. The number of piperazine rings is 1. The Kier molecular flexibility index (Phi) is 7.37. The molecule has 0 aliphatic carbocycles. The van der Waals surface area contributed by atoms with Crippen LogP contribution >= 0.6 is 11.6 Å². The van der Waals surface area contributed by atoms with Crippen LogP contribution in [0.1, 0.15) is 27.6 Å². The number of halogens is 2. The van der Waals surface area contributed by atoms with Crippen molar-refractivity contribution < 1.29 is 18.7 Å². The van der Waals surface area contributed by atoms with Crippen molar-refractivity contribution in [3.63, 3.8) is 0 Å². The number of ether oxygens (including phenoxy) is 1. The van der Waals surface area contributed by atoms with E-state index in [0.717, 1.165) is 17.2 Å². The number of hydrogen-bond donors (Lipinski definition) is 0. The lowest BCUT2D eigenvalue weighted by Gasteiger charge is -2.35. The molecule has 170 valence electrons. The molecule has 1 aliphatic rings. The Labute approximate surface area is 197 Å². The number of benzene rings is 3. The van der Waals surface area contributed by atoms with Gasteiger partial charge in [-0.05, 0) is 29.3 Å². The van der Waals surface area contributed by atoms with Crippen LogP contribution in [0, 0.1) is 5.82 Å². The van der Waals surface area contributed by atoms with Gasteiger partial charge >= 0.3 is 0 Å². The fourth-order valence-electron chi connectivity index (χ4n) is 3.88. The molecule has 1 saturated heterocycles. The van der Waals surface area contributed by atoms with Crippen molar-refractivity contribution >= 4 is 23.4 Å². The molecule has 33 heavy (non-hydrogen) atoms. The lowest BCUT2D eigenvalue weighted by atomic mass is 10.0. The predicted molar refractivity (Wildman–Crippen MR) is 125 cm³/mol. The van der Waals surface area contributed by atoms with Crippen molar-refractivity contribution in [3.05, 3.63) is 106 Å². The summed E-state index contributed by atoms with van der Waals surface area (Å²) in [6.45, 7) is 1.48. The number of rotatable bonds is 6. The summed E-state index contributed by atoms with van der Waals surface area (Å²) in [5.74, 6) is -0.883. The van der Waals surface area contributed by atoms with Crippen LogP contribution in [0.4, 0.5) is 4.39 Å². The first-order valence-electron chi connectivity index (χ1n) is 10.8. The van der Waals surface area contributed by atoms with E-state index in [1.54, 1.807) is 9.80 Å². The number of carbonyl (C=O) groups excluding carboxylic acids is 2. The molecule has 2 amide bonds. The molecule has 0 N–H and O–H groups in total. The zero-order chi connectivity index (χ0) is 23.2. The molecular weight excluding hydrogens is 443 g/mol. The summed E-state index contributed by atoms with van der Waals surface area (Å²) < 4.78 is 19.3. The van der Waals surface area contributed by atoms with Crippen LogP contribution in [0.3, 0.4) is 0 Å². The third kappa shape index (κ3) is 5.59. The summed E-state index contributed by atoms with van der Waals surface area (Å²) in [6, 6.07) is 23.3. The Morgan fingerprint density at radius 1 is 0.848 bits per heavy atom. The van der Waals surface area contributed by atoms with E-state index in [-0.39, 0.29) is 35.1 Å². The molecule has 0 radical (unpaired) electrons. The molecule has 1 aliphatic heterocycles. The predicted octanol–water partition coefficient (Wildman–Crippen LogP) is 4.57. The van der Waals surface area contributed by atoms with E-state index < -0.39 is 5.82 Å². The lowest BCUT2D eigenvalue weighted by molar-refractivity contribution is -0.139. The minimum absolute atomic E-state index is 0.0633. The average molecular weight is 467 g/mol. The molecule has 0 spiro atoms. The molecular formula is C26H24ClFN2O3. The van der Waals surface area contributed by atoms with Crippen LogP contribution in [0.2, 0.25) is 5.02 Å². The SMILES string of the molecule is O=C(COC(c1ccccc1)c1ccccc1)N1CCN(C(=O)c2ccc(F)cc2Cl)CC1. The minimum Gasteiger partial charge on any atom is -0.359 e. The molecule has 0 saturated carbocycles. The quantitative estimate of drug-likeness (QED) is 0.534. The molecule has 5 nitrogen and oxygen atoms in total. The molecule has 3 aromatic carbocycles. The normalized spacial score (nSPS) is 13.9. The van der Waals surface area contributed by atoms with E-state index in [1.807, 2.05) is 60.7 Å². The second-order valence-corrected chi connectivity index (χ2v) is 8.22. The van der Waals surface area contributed by atoms with Crippen LogP contribution in [-0.2, 0) is 9.53 Å². The van der Waals surface area contributed by atoms with Crippen molar-refractivity contribution in [2.45, 2.75) is 6.10 Å². The lowest BCUT2D eigenvalue weighted by Crippen LogP contribution is -2.51. The van der Waals surface area contributed by atoms with E-state index in [2.05, 4.69) is 0 Å². The van der Waals surface area contributed by atoms with Crippen molar-refractivity contribution in [3.8, 4) is 0 Å². The number of hydrogen-bond acceptors (Lipinski definition) is 3. The highest BCUT2D eigenvalue weighted by Crippen LogP contribution is 2.26. The van der Waals surface area contributed by atoms with Crippen molar-refractivity contribution in [2.75, 3.05) is 32.8 Å². The van der Waals surface area contributed by atoms with Crippen LogP contribution in [0.25, 0.3) is 0 Å². The second-order valence-electron chi connectivity index (χ2n) is 7.81. The zero-order valence-electron chi connectivity index (χ0n) is 18.0. The summed E-state index contributed by atoms with van der Waals surface area (Å²) in [6.07, 6.45) is -0.347. The van der Waals surface area contributed by atoms with E-state index in [9.17, 15) is 14.0 Å². The standard InChI is InChI=1S/C26H24ClFN2O3/c27-23-17-21(28)11-12-22(23)26(32)30-15-13-29(14-16-30)24(31)18-33-25(19-7-3-1-4-8-19)20-9-5-2-6-10-20/h1-12,17,25H,13-16,18H2. The zero-order valence-corrected chi connectivity index (χ0v) is 18.7. The number of nitrogens with zero attached hydrogens (tertiary/aromatic N) is 2. The molecule has 0 bridgehead atoms. The molecule has 0 atom stereocenters. The monoisotopic (exact) mass is 466 g/mol. The molecule has 7 heteroatoms. The highest BCUT2D eigenvalue weighted by Gasteiger charge is 2.27.